The van der Waals surface area contributed by atoms with Crippen LogP contribution in [0.25, 0.3) is 0 Å². The highest BCUT2D eigenvalue weighted by atomic mass is 16.5. The maximum Gasteiger partial charge on any atom is 0.237 e. The van der Waals surface area contributed by atoms with Gasteiger partial charge < -0.3 is 15.8 Å². The molecule has 1 aliphatic heterocycles. The summed E-state index contributed by atoms with van der Waals surface area (Å²) in [7, 11) is 0. The lowest BCUT2D eigenvalue weighted by Gasteiger charge is -2.27. The summed E-state index contributed by atoms with van der Waals surface area (Å²) < 4.78 is 5.32. The van der Waals surface area contributed by atoms with Crippen molar-refractivity contribution >= 4 is 5.91 Å². The second-order valence-corrected chi connectivity index (χ2v) is 6.02. The minimum absolute atomic E-state index is 0.0227. The molecule has 1 amide bonds. The molecule has 2 unspecified atom stereocenters. The minimum atomic E-state index is -0.368. The molecule has 1 heterocycles. The molecule has 0 aromatic carbocycles. The highest BCUT2D eigenvalue weighted by Crippen LogP contribution is 2.18. The van der Waals surface area contributed by atoms with E-state index in [0.717, 1.165) is 32.6 Å². The molecule has 0 spiro atoms. The third-order valence-electron chi connectivity index (χ3n) is 4.30. The van der Waals surface area contributed by atoms with Crippen molar-refractivity contribution in [1.82, 2.24) is 5.32 Å². The van der Waals surface area contributed by atoms with Crippen LogP contribution in [0.15, 0.2) is 0 Å². The minimum Gasteiger partial charge on any atom is -0.381 e. The van der Waals surface area contributed by atoms with Crippen molar-refractivity contribution in [1.29, 1.82) is 0 Å². The van der Waals surface area contributed by atoms with Crippen molar-refractivity contribution in [2.75, 3.05) is 19.8 Å². The number of ether oxygens (including phenoxy) is 1. The Balaban J connectivity index is 2.31. The van der Waals surface area contributed by atoms with E-state index in [0.29, 0.717) is 5.92 Å². The molecule has 0 saturated carbocycles. The van der Waals surface area contributed by atoms with Crippen molar-refractivity contribution in [3.63, 3.8) is 0 Å². The van der Waals surface area contributed by atoms with Gasteiger partial charge in [0, 0.05) is 19.8 Å². The molecular formula is C16H32N2O2. The fraction of sp³-hybridized carbons (Fsp3) is 0.938. The van der Waals surface area contributed by atoms with Crippen LogP contribution in [0, 0.1) is 11.8 Å². The highest BCUT2D eigenvalue weighted by Gasteiger charge is 2.26. The Hall–Kier alpha value is -0.610. The Kier molecular flexibility index (Phi) is 8.86. The van der Waals surface area contributed by atoms with Crippen molar-refractivity contribution in [3.8, 4) is 0 Å². The van der Waals surface area contributed by atoms with Crippen LogP contribution in [0.4, 0.5) is 0 Å². The zero-order chi connectivity index (χ0) is 14.8. The molecule has 1 rings (SSSR count). The van der Waals surface area contributed by atoms with Crippen molar-refractivity contribution in [3.05, 3.63) is 0 Å². The monoisotopic (exact) mass is 284 g/mol. The average molecular weight is 284 g/mol. The first-order valence-corrected chi connectivity index (χ1v) is 8.30. The zero-order valence-electron chi connectivity index (χ0n) is 13.2. The Bertz CT molecular complexity index is 265. The summed E-state index contributed by atoms with van der Waals surface area (Å²) in [6, 6.07) is -0.368. The van der Waals surface area contributed by atoms with Crippen LogP contribution in [-0.2, 0) is 9.53 Å². The normalized spacial score (nSPS) is 19.6. The van der Waals surface area contributed by atoms with Gasteiger partial charge in [-0.15, -0.1) is 0 Å². The van der Waals surface area contributed by atoms with E-state index < -0.39 is 0 Å². The summed E-state index contributed by atoms with van der Waals surface area (Å²) in [5, 5.41) is 3.07. The van der Waals surface area contributed by atoms with Gasteiger partial charge in [-0.05, 0) is 37.5 Å². The summed E-state index contributed by atoms with van der Waals surface area (Å²) in [6.07, 6.45) is 7.84. The van der Waals surface area contributed by atoms with Gasteiger partial charge in [-0.2, -0.15) is 0 Å². The topological polar surface area (TPSA) is 64.4 Å². The molecule has 1 fully saturated rings. The van der Waals surface area contributed by atoms with Crippen LogP contribution in [-0.4, -0.2) is 31.7 Å². The number of rotatable bonds is 9. The fourth-order valence-electron chi connectivity index (χ4n) is 2.90. The van der Waals surface area contributed by atoms with Gasteiger partial charge in [0.2, 0.25) is 5.91 Å². The van der Waals surface area contributed by atoms with Crippen molar-refractivity contribution in [2.24, 2.45) is 17.6 Å². The third-order valence-corrected chi connectivity index (χ3v) is 4.30. The number of hydrogen-bond donors (Lipinski definition) is 2. The number of unbranched alkanes of at least 4 members (excludes halogenated alkanes) is 1. The second kappa shape index (κ2) is 10.2. The van der Waals surface area contributed by atoms with E-state index in [-0.39, 0.29) is 17.9 Å². The first-order chi connectivity index (χ1) is 9.69. The number of carbonyl (C=O) groups is 1. The Morgan fingerprint density at radius 2 is 1.95 bits per heavy atom. The van der Waals surface area contributed by atoms with Gasteiger partial charge in [-0.25, -0.2) is 0 Å². The molecule has 1 saturated heterocycles. The van der Waals surface area contributed by atoms with E-state index in [1.165, 1.54) is 32.1 Å². The molecule has 20 heavy (non-hydrogen) atoms. The standard InChI is InChI=1S/C16H32N2O2/c1-3-5-7-13(6-4-2)12-18-16(19)15(17)14-8-10-20-11-9-14/h13-15H,3-12,17H2,1-2H3,(H,18,19). The van der Waals surface area contributed by atoms with Crippen molar-refractivity contribution in [2.45, 2.75) is 64.8 Å². The van der Waals surface area contributed by atoms with E-state index in [9.17, 15) is 4.79 Å². The highest BCUT2D eigenvalue weighted by molar-refractivity contribution is 5.81. The predicted molar refractivity (Wildman–Crippen MR) is 82.5 cm³/mol. The van der Waals surface area contributed by atoms with E-state index >= 15 is 0 Å². The van der Waals surface area contributed by atoms with Gasteiger partial charge in [0.25, 0.3) is 0 Å². The largest absolute Gasteiger partial charge is 0.381 e. The molecular weight excluding hydrogens is 252 g/mol. The van der Waals surface area contributed by atoms with Crippen LogP contribution in [0.5, 0.6) is 0 Å². The van der Waals surface area contributed by atoms with Crippen LogP contribution in [0.3, 0.4) is 0 Å². The van der Waals surface area contributed by atoms with E-state index in [2.05, 4.69) is 19.2 Å². The number of carbonyl (C=O) groups excluding carboxylic acids is 1. The summed E-state index contributed by atoms with van der Waals surface area (Å²) in [5.41, 5.74) is 6.08. The third kappa shape index (κ3) is 6.23. The summed E-state index contributed by atoms with van der Waals surface area (Å²) >= 11 is 0. The Morgan fingerprint density at radius 1 is 1.25 bits per heavy atom. The Morgan fingerprint density at radius 3 is 2.55 bits per heavy atom. The van der Waals surface area contributed by atoms with E-state index in [4.69, 9.17) is 10.5 Å². The lowest BCUT2D eigenvalue weighted by atomic mass is 9.91. The summed E-state index contributed by atoms with van der Waals surface area (Å²) in [4.78, 5) is 12.1. The zero-order valence-corrected chi connectivity index (χ0v) is 13.2. The lowest BCUT2D eigenvalue weighted by molar-refractivity contribution is -0.124. The molecule has 0 bridgehead atoms. The smallest absolute Gasteiger partial charge is 0.237 e. The van der Waals surface area contributed by atoms with Gasteiger partial charge in [-0.3, -0.25) is 4.79 Å². The molecule has 0 radical (unpaired) electrons. The van der Waals surface area contributed by atoms with Gasteiger partial charge in [0.1, 0.15) is 0 Å². The number of hydrogen-bond acceptors (Lipinski definition) is 3. The fourth-order valence-corrected chi connectivity index (χ4v) is 2.90. The maximum atomic E-state index is 12.1. The molecule has 3 N–H and O–H groups in total. The number of amides is 1. The van der Waals surface area contributed by atoms with Gasteiger partial charge in [0.15, 0.2) is 0 Å². The number of nitrogens with one attached hydrogen (secondary N) is 1. The average Bonchev–Trinajstić information content (AvgIpc) is 2.49. The van der Waals surface area contributed by atoms with Gasteiger partial charge >= 0.3 is 0 Å². The molecule has 4 heteroatoms. The molecule has 118 valence electrons. The first-order valence-electron chi connectivity index (χ1n) is 8.30. The van der Waals surface area contributed by atoms with Crippen molar-refractivity contribution < 1.29 is 9.53 Å². The van der Waals surface area contributed by atoms with Gasteiger partial charge in [0.05, 0.1) is 6.04 Å². The van der Waals surface area contributed by atoms with Crippen LogP contribution in [0.2, 0.25) is 0 Å². The summed E-state index contributed by atoms with van der Waals surface area (Å²) in [5.74, 6) is 0.907. The van der Waals surface area contributed by atoms with Gasteiger partial charge in [-0.1, -0.05) is 33.1 Å². The second-order valence-electron chi connectivity index (χ2n) is 6.02. The number of nitrogens with two attached hydrogens (primary N) is 1. The SMILES string of the molecule is CCCCC(CCC)CNC(=O)C(N)C1CCOCC1. The lowest BCUT2D eigenvalue weighted by Crippen LogP contribution is -2.48. The van der Waals surface area contributed by atoms with E-state index in [1.807, 2.05) is 0 Å². The maximum absolute atomic E-state index is 12.1. The molecule has 1 aliphatic rings. The quantitative estimate of drug-likeness (QED) is 0.683. The molecule has 4 nitrogen and oxygen atoms in total. The molecule has 0 aromatic rings. The van der Waals surface area contributed by atoms with E-state index in [1.54, 1.807) is 0 Å². The predicted octanol–water partition coefficient (Wildman–Crippen LogP) is 2.46. The molecule has 0 aromatic heterocycles. The van der Waals surface area contributed by atoms with Crippen LogP contribution >= 0.6 is 0 Å². The molecule has 0 aliphatic carbocycles. The van der Waals surface area contributed by atoms with Crippen LogP contribution in [0.1, 0.15) is 58.8 Å². The summed E-state index contributed by atoms with van der Waals surface area (Å²) in [6.45, 7) is 6.67. The Labute approximate surface area is 123 Å². The molecule has 2 atom stereocenters. The van der Waals surface area contributed by atoms with Crippen LogP contribution < -0.4 is 11.1 Å². The first kappa shape index (κ1) is 17.4.